The standard InChI is InChI=1S/C24H21N3O3S/c1-31(29,30)22-14-8-11-19(15-22)24(28)25-16-20-17-27(21-12-6-3-7-13-21)26-23(20)18-9-4-2-5-10-18/h2-15,17H,16H2,1H3,(H,25,28). The van der Waals surface area contributed by atoms with Crippen LogP contribution in [0.3, 0.4) is 0 Å². The van der Waals surface area contributed by atoms with E-state index in [9.17, 15) is 13.2 Å². The number of nitrogens with zero attached hydrogens (tertiary/aromatic N) is 2. The molecule has 31 heavy (non-hydrogen) atoms. The van der Waals surface area contributed by atoms with Gasteiger partial charge in [0.1, 0.15) is 0 Å². The Morgan fingerprint density at radius 2 is 1.61 bits per heavy atom. The summed E-state index contributed by atoms with van der Waals surface area (Å²) in [6.07, 6.45) is 3.01. The molecule has 6 nitrogen and oxygen atoms in total. The average molecular weight is 432 g/mol. The molecule has 7 heteroatoms. The van der Waals surface area contributed by atoms with E-state index in [-0.39, 0.29) is 17.3 Å². The molecule has 1 N–H and O–H groups in total. The highest BCUT2D eigenvalue weighted by Gasteiger charge is 2.15. The van der Waals surface area contributed by atoms with Gasteiger partial charge in [0.05, 0.1) is 16.3 Å². The molecule has 0 fully saturated rings. The van der Waals surface area contributed by atoms with Gasteiger partial charge in [0.15, 0.2) is 9.84 Å². The number of aromatic nitrogens is 2. The minimum absolute atomic E-state index is 0.113. The molecular formula is C24H21N3O3S. The second-order valence-electron chi connectivity index (χ2n) is 7.13. The lowest BCUT2D eigenvalue weighted by Gasteiger charge is -2.07. The fourth-order valence-electron chi connectivity index (χ4n) is 3.24. The summed E-state index contributed by atoms with van der Waals surface area (Å²) < 4.78 is 25.4. The first-order valence-electron chi connectivity index (χ1n) is 9.69. The predicted molar refractivity (Wildman–Crippen MR) is 120 cm³/mol. The fourth-order valence-corrected chi connectivity index (χ4v) is 3.90. The van der Waals surface area contributed by atoms with Crippen molar-refractivity contribution in [3.8, 4) is 16.9 Å². The minimum atomic E-state index is -3.39. The second kappa shape index (κ2) is 8.57. The Kier molecular flexibility index (Phi) is 5.68. The number of nitrogens with one attached hydrogen (secondary N) is 1. The number of para-hydroxylation sites is 1. The summed E-state index contributed by atoms with van der Waals surface area (Å²) in [5.74, 6) is -0.350. The summed E-state index contributed by atoms with van der Waals surface area (Å²) >= 11 is 0. The molecule has 0 saturated carbocycles. The van der Waals surface area contributed by atoms with Crippen LogP contribution in [0.4, 0.5) is 0 Å². The monoisotopic (exact) mass is 431 g/mol. The van der Waals surface area contributed by atoms with Crippen LogP contribution in [0.1, 0.15) is 15.9 Å². The molecule has 0 aliphatic rings. The largest absolute Gasteiger partial charge is 0.348 e. The van der Waals surface area contributed by atoms with Crippen molar-refractivity contribution in [2.45, 2.75) is 11.4 Å². The molecule has 0 bridgehead atoms. The third-order valence-corrected chi connectivity index (χ3v) is 5.93. The van der Waals surface area contributed by atoms with Gasteiger partial charge in [-0.2, -0.15) is 5.10 Å². The van der Waals surface area contributed by atoms with Crippen molar-refractivity contribution in [2.24, 2.45) is 0 Å². The minimum Gasteiger partial charge on any atom is -0.348 e. The highest BCUT2D eigenvalue weighted by molar-refractivity contribution is 7.90. The maximum absolute atomic E-state index is 12.7. The molecule has 1 heterocycles. The SMILES string of the molecule is CS(=O)(=O)c1cccc(C(=O)NCc2cn(-c3ccccc3)nc2-c2ccccc2)c1. The van der Waals surface area contributed by atoms with Gasteiger partial charge in [-0.1, -0.05) is 54.6 Å². The quantitative estimate of drug-likeness (QED) is 0.502. The maximum Gasteiger partial charge on any atom is 0.251 e. The Balaban J connectivity index is 1.62. The highest BCUT2D eigenvalue weighted by Crippen LogP contribution is 2.23. The van der Waals surface area contributed by atoms with Crippen LogP contribution in [-0.4, -0.2) is 30.4 Å². The van der Waals surface area contributed by atoms with E-state index in [1.807, 2.05) is 66.9 Å². The molecule has 0 spiro atoms. The molecule has 1 aromatic heterocycles. The molecule has 3 aromatic carbocycles. The van der Waals surface area contributed by atoms with Crippen LogP contribution in [0.25, 0.3) is 16.9 Å². The third-order valence-electron chi connectivity index (χ3n) is 4.82. The van der Waals surface area contributed by atoms with Gasteiger partial charge in [-0.25, -0.2) is 13.1 Å². The molecule has 0 aliphatic carbocycles. The topological polar surface area (TPSA) is 81.1 Å². The molecule has 4 rings (SSSR count). The first kappa shape index (κ1) is 20.6. The van der Waals surface area contributed by atoms with Crippen molar-refractivity contribution < 1.29 is 13.2 Å². The van der Waals surface area contributed by atoms with E-state index in [4.69, 9.17) is 5.10 Å². The van der Waals surface area contributed by atoms with Gasteiger partial charge in [0.2, 0.25) is 0 Å². The number of amides is 1. The second-order valence-corrected chi connectivity index (χ2v) is 9.15. The van der Waals surface area contributed by atoms with Gasteiger partial charge >= 0.3 is 0 Å². The van der Waals surface area contributed by atoms with Crippen LogP contribution in [0.15, 0.2) is 96.0 Å². The summed E-state index contributed by atoms with van der Waals surface area (Å²) in [4.78, 5) is 12.8. The van der Waals surface area contributed by atoms with E-state index in [0.717, 1.165) is 28.8 Å². The Morgan fingerprint density at radius 3 is 2.29 bits per heavy atom. The number of benzene rings is 3. The van der Waals surface area contributed by atoms with Crippen molar-refractivity contribution in [1.82, 2.24) is 15.1 Å². The smallest absolute Gasteiger partial charge is 0.251 e. The van der Waals surface area contributed by atoms with Crippen LogP contribution in [0.5, 0.6) is 0 Å². The number of carbonyl (C=O) groups excluding carboxylic acids is 1. The van der Waals surface area contributed by atoms with E-state index in [1.165, 1.54) is 12.1 Å². The van der Waals surface area contributed by atoms with Crippen molar-refractivity contribution in [2.75, 3.05) is 6.26 Å². The predicted octanol–water partition coefficient (Wildman–Crippen LogP) is 3.87. The van der Waals surface area contributed by atoms with E-state index < -0.39 is 9.84 Å². The molecule has 0 aliphatic heterocycles. The van der Waals surface area contributed by atoms with Gasteiger partial charge in [-0.05, 0) is 30.3 Å². The summed E-state index contributed by atoms with van der Waals surface area (Å²) in [6, 6.07) is 25.5. The van der Waals surface area contributed by atoms with E-state index in [0.29, 0.717) is 5.56 Å². The molecule has 156 valence electrons. The molecule has 0 saturated heterocycles. The van der Waals surface area contributed by atoms with Crippen molar-refractivity contribution >= 4 is 15.7 Å². The van der Waals surface area contributed by atoms with Crippen LogP contribution in [-0.2, 0) is 16.4 Å². The average Bonchev–Trinajstić information content (AvgIpc) is 3.22. The van der Waals surface area contributed by atoms with Gasteiger partial charge in [-0.3, -0.25) is 4.79 Å². The first-order valence-corrected chi connectivity index (χ1v) is 11.6. The normalized spacial score (nSPS) is 11.3. The zero-order valence-electron chi connectivity index (χ0n) is 16.9. The summed E-state index contributed by atoms with van der Waals surface area (Å²) in [5.41, 5.74) is 3.77. The zero-order valence-corrected chi connectivity index (χ0v) is 17.7. The van der Waals surface area contributed by atoms with Crippen molar-refractivity contribution in [1.29, 1.82) is 0 Å². The molecule has 0 atom stereocenters. The maximum atomic E-state index is 12.7. The number of sulfone groups is 1. The van der Waals surface area contributed by atoms with E-state index >= 15 is 0 Å². The summed E-state index contributed by atoms with van der Waals surface area (Å²) in [6.45, 7) is 0.249. The van der Waals surface area contributed by atoms with Gasteiger partial charge in [0, 0.05) is 35.7 Å². The van der Waals surface area contributed by atoms with Crippen LogP contribution < -0.4 is 5.32 Å². The van der Waals surface area contributed by atoms with Crippen LogP contribution in [0.2, 0.25) is 0 Å². The molecule has 0 unspecified atom stereocenters. The molecule has 1 amide bonds. The van der Waals surface area contributed by atoms with Crippen molar-refractivity contribution in [3.63, 3.8) is 0 Å². The van der Waals surface area contributed by atoms with Gasteiger partial charge < -0.3 is 5.32 Å². The van der Waals surface area contributed by atoms with E-state index in [1.54, 1.807) is 16.8 Å². The fraction of sp³-hybridized carbons (Fsp3) is 0.0833. The lowest BCUT2D eigenvalue weighted by atomic mass is 10.1. The highest BCUT2D eigenvalue weighted by atomic mass is 32.2. The summed E-state index contributed by atoms with van der Waals surface area (Å²) in [5, 5.41) is 7.62. The first-order chi connectivity index (χ1) is 14.9. The lowest BCUT2D eigenvalue weighted by Crippen LogP contribution is -2.23. The number of carbonyl (C=O) groups is 1. The molecule has 4 aromatic rings. The molecule has 0 radical (unpaired) electrons. The Bertz CT molecular complexity index is 1310. The van der Waals surface area contributed by atoms with Crippen LogP contribution in [0, 0.1) is 0 Å². The lowest BCUT2D eigenvalue weighted by molar-refractivity contribution is 0.0950. The number of rotatable bonds is 6. The van der Waals surface area contributed by atoms with E-state index in [2.05, 4.69) is 5.32 Å². The van der Waals surface area contributed by atoms with Crippen LogP contribution >= 0.6 is 0 Å². The molecular weight excluding hydrogens is 410 g/mol. The number of hydrogen-bond donors (Lipinski definition) is 1. The Hall–Kier alpha value is -3.71. The zero-order chi connectivity index (χ0) is 21.8. The third kappa shape index (κ3) is 4.73. The Labute approximate surface area is 181 Å². The summed E-state index contributed by atoms with van der Waals surface area (Å²) in [7, 11) is -3.39. The Morgan fingerprint density at radius 1 is 0.935 bits per heavy atom. The van der Waals surface area contributed by atoms with Crippen molar-refractivity contribution in [3.05, 3.63) is 102 Å². The van der Waals surface area contributed by atoms with Gasteiger partial charge in [0.25, 0.3) is 5.91 Å². The number of hydrogen-bond acceptors (Lipinski definition) is 4. The van der Waals surface area contributed by atoms with Gasteiger partial charge in [-0.15, -0.1) is 0 Å².